The molecule has 1 aromatic heterocycles. The van der Waals surface area contributed by atoms with E-state index in [9.17, 15) is 0 Å². The summed E-state index contributed by atoms with van der Waals surface area (Å²) in [6, 6.07) is 12.1. The van der Waals surface area contributed by atoms with Gasteiger partial charge in [0.05, 0.1) is 5.52 Å². The third-order valence-electron chi connectivity index (χ3n) is 3.06. The molecule has 1 heterocycles. The van der Waals surface area contributed by atoms with Crippen LogP contribution in [0, 0.1) is 6.92 Å². The molecule has 3 aromatic rings. The molecule has 5 heteroatoms. The van der Waals surface area contributed by atoms with Gasteiger partial charge in [-0.3, -0.25) is 0 Å². The Morgan fingerprint density at radius 3 is 2.65 bits per heavy atom. The van der Waals surface area contributed by atoms with Crippen molar-refractivity contribution < 1.29 is 0 Å². The van der Waals surface area contributed by atoms with E-state index in [0.717, 1.165) is 31.4 Å². The molecule has 1 N–H and O–H groups in total. The molecule has 3 rings (SSSR count). The largest absolute Gasteiger partial charge is 0.339 e. The summed E-state index contributed by atoms with van der Waals surface area (Å²) in [5, 5.41) is 4.35. The Balaban J connectivity index is 2.15. The summed E-state index contributed by atoms with van der Waals surface area (Å²) in [5.41, 5.74) is 3.11. The first-order chi connectivity index (χ1) is 9.65. The summed E-state index contributed by atoms with van der Waals surface area (Å²) in [6.45, 7) is 2.07. The lowest BCUT2D eigenvalue weighted by Gasteiger charge is -2.11. The molecular formula is C15H11Br2N3. The average molecular weight is 393 g/mol. The third-order valence-corrected chi connectivity index (χ3v) is 4.12. The monoisotopic (exact) mass is 391 g/mol. The zero-order valence-corrected chi connectivity index (χ0v) is 13.9. The first kappa shape index (κ1) is 13.5. The summed E-state index contributed by atoms with van der Waals surface area (Å²) in [7, 11) is 0. The lowest BCUT2D eigenvalue weighted by atomic mass is 10.2. The maximum atomic E-state index is 4.36. The minimum atomic E-state index is 0.798. The fourth-order valence-electron chi connectivity index (χ4n) is 2.03. The number of hydrogen-bond acceptors (Lipinski definition) is 3. The zero-order valence-electron chi connectivity index (χ0n) is 10.7. The highest BCUT2D eigenvalue weighted by molar-refractivity contribution is 9.11. The molecule has 0 fully saturated rings. The van der Waals surface area contributed by atoms with Crippen molar-refractivity contribution in [1.82, 2.24) is 9.97 Å². The van der Waals surface area contributed by atoms with E-state index in [1.165, 1.54) is 5.56 Å². The summed E-state index contributed by atoms with van der Waals surface area (Å²) >= 11 is 7.04. The summed E-state index contributed by atoms with van der Waals surface area (Å²) in [5.74, 6) is 0.798. The van der Waals surface area contributed by atoms with Crippen molar-refractivity contribution in [3.63, 3.8) is 0 Å². The number of hydrogen-bond donors (Lipinski definition) is 1. The molecule has 0 aliphatic carbocycles. The second-order valence-electron chi connectivity index (χ2n) is 4.45. The Kier molecular flexibility index (Phi) is 3.72. The van der Waals surface area contributed by atoms with Crippen LogP contribution in [0.25, 0.3) is 10.9 Å². The van der Waals surface area contributed by atoms with Crippen LogP contribution in [0.2, 0.25) is 0 Å². The fourth-order valence-corrected chi connectivity index (χ4v) is 3.36. The van der Waals surface area contributed by atoms with Crippen LogP contribution in [0.1, 0.15) is 5.56 Å². The zero-order chi connectivity index (χ0) is 14.1. The Morgan fingerprint density at radius 2 is 1.85 bits per heavy atom. The number of halogens is 2. The number of rotatable bonds is 2. The lowest BCUT2D eigenvalue weighted by Crippen LogP contribution is -1.98. The Labute approximate surface area is 133 Å². The smallest absolute Gasteiger partial charge is 0.141 e. The fraction of sp³-hybridized carbons (Fsp3) is 0.0667. The van der Waals surface area contributed by atoms with Crippen molar-refractivity contribution in [2.24, 2.45) is 0 Å². The van der Waals surface area contributed by atoms with Gasteiger partial charge in [-0.2, -0.15) is 0 Å². The van der Waals surface area contributed by atoms with E-state index < -0.39 is 0 Å². The van der Waals surface area contributed by atoms with E-state index in [2.05, 4.69) is 60.1 Å². The van der Waals surface area contributed by atoms with Crippen LogP contribution >= 0.6 is 31.9 Å². The third kappa shape index (κ3) is 2.55. The number of para-hydroxylation sites is 1. The second kappa shape index (κ2) is 5.50. The predicted octanol–water partition coefficient (Wildman–Crippen LogP) is 5.21. The van der Waals surface area contributed by atoms with Gasteiger partial charge in [-0.15, -0.1) is 0 Å². The number of nitrogens with one attached hydrogen (secondary N) is 1. The van der Waals surface area contributed by atoms with Gasteiger partial charge in [0.15, 0.2) is 0 Å². The second-order valence-corrected chi connectivity index (χ2v) is 6.22. The first-order valence-electron chi connectivity index (χ1n) is 6.07. The van der Waals surface area contributed by atoms with E-state index in [0.29, 0.717) is 0 Å². The molecular weight excluding hydrogens is 382 g/mol. The van der Waals surface area contributed by atoms with Crippen LogP contribution < -0.4 is 5.32 Å². The molecule has 0 aliphatic heterocycles. The molecule has 0 spiro atoms. The summed E-state index contributed by atoms with van der Waals surface area (Å²) in [4.78, 5) is 8.69. The van der Waals surface area contributed by atoms with Crippen LogP contribution in [0.15, 0.2) is 51.7 Å². The molecule has 0 saturated heterocycles. The maximum Gasteiger partial charge on any atom is 0.141 e. The number of fused-ring (bicyclic) bond motifs is 1. The minimum absolute atomic E-state index is 0.798. The maximum absolute atomic E-state index is 4.36. The van der Waals surface area contributed by atoms with Gasteiger partial charge in [-0.1, -0.05) is 34.1 Å². The molecule has 0 atom stereocenters. The highest BCUT2D eigenvalue weighted by atomic mass is 79.9. The van der Waals surface area contributed by atoms with Gasteiger partial charge in [-0.25, -0.2) is 9.97 Å². The Bertz CT molecular complexity index is 787. The van der Waals surface area contributed by atoms with Crippen LogP contribution in [0.3, 0.4) is 0 Å². The van der Waals surface area contributed by atoms with Crippen molar-refractivity contribution in [1.29, 1.82) is 0 Å². The SMILES string of the molecule is Cc1ccccc1Nc1ncnc2c(Br)cc(Br)cc12. The summed E-state index contributed by atoms with van der Waals surface area (Å²) in [6.07, 6.45) is 1.57. The van der Waals surface area contributed by atoms with E-state index in [4.69, 9.17) is 0 Å². The molecule has 20 heavy (non-hydrogen) atoms. The van der Waals surface area contributed by atoms with Gasteiger partial charge in [0.2, 0.25) is 0 Å². The highest BCUT2D eigenvalue weighted by Gasteiger charge is 2.09. The summed E-state index contributed by atoms with van der Waals surface area (Å²) < 4.78 is 1.93. The Morgan fingerprint density at radius 1 is 1.05 bits per heavy atom. The van der Waals surface area contributed by atoms with E-state index in [1.54, 1.807) is 6.33 Å². The molecule has 0 bridgehead atoms. The van der Waals surface area contributed by atoms with Crippen molar-refractivity contribution >= 4 is 54.3 Å². The Hall–Kier alpha value is -1.46. The van der Waals surface area contributed by atoms with Gasteiger partial charge in [0.25, 0.3) is 0 Å². The minimum Gasteiger partial charge on any atom is -0.339 e. The van der Waals surface area contributed by atoms with Gasteiger partial charge in [0.1, 0.15) is 12.1 Å². The highest BCUT2D eigenvalue weighted by Crippen LogP contribution is 2.31. The van der Waals surface area contributed by atoms with Crippen LogP contribution in [0.4, 0.5) is 11.5 Å². The number of aromatic nitrogens is 2. The van der Waals surface area contributed by atoms with Crippen molar-refractivity contribution in [3.05, 3.63) is 57.2 Å². The molecule has 0 radical (unpaired) electrons. The number of nitrogens with zero attached hydrogens (tertiary/aromatic N) is 2. The lowest BCUT2D eigenvalue weighted by molar-refractivity contribution is 1.21. The van der Waals surface area contributed by atoms with Gasteiger partial charge in [0, 0.05) is 20.0 Å². The van der Waals surface area contributed by atoms with Crippen LogP contribution in [-0.4, -0.2) is 9.97 Å². The molecule has 100 valence electrons. The van der Waals surface area contributed by atoms with E-state index in [1.807, 2.05) is 30.3 Å². The van der Waals surface area contributed by atoms with Gasteiger partial charge >= 0.3 is 0 Å². The molecule has 2 aromatic carbocycles. The van der Waals surface area contributed by atoms with Crippen molar-refractivity contribution in [2.75, 3.05) is 5.32 Å². The molecule has 0 amide bonds. The number of benzene rings is 2. The van der Waals surface area contributed by atoms with Gasteiger partial charge < -0.3 is 5.32 Å². The molecule has 0 aliphatic rings. The van der Waals surface area contributed by atoms with Crippen LogP contribution in [0.5, 0.6) is 0 Å². The average Bonchev–Trinajstić information content (AvgIpc) is 2.42. The molecule has 0 saturated carbocycles. The van der Waals surface area contributed by atoms with E-state index in [-0.39, 0.29) is 0 Å². The molecule has 0 unspecified atom stereocenters. The quantitative estimate of drug-likeness (QED) is 0.650. The van der Waals surface area contributed by atoms with Crippen molar-refractivity contribution in [3.8, 4) is 0 Å². The van der Waals surface area contributed by atoms with E-state index >= 15 is 0 Å². The van der Waals surface area contributed by atoms with Gasteiger partial charge in [-0.05, 0) is 46.6 Å². The normalized spacial score (nSPS) is 10.8. The van der Waals surface area contributed by atoms with Crippen molar-refractivity contribution in [2.45, 2.75) is 6.92 Å². The topological polar surface area (TPSA) is 37.8 Å². The standard InChI is InChI=1S/C15H11Br2N3/c1-9-4-2-3-5-13(9)20-15-11-6-10(16)7-12(17)14(11)18-8-19-15/h2-8H,1H3,(H,18,19,20). The number of aryl methyl sites for hydroxylation is 1. The number of anilines is 2. The molecule has 3 nitrogen and oxygen atoms in total. The predicted molar refractivity (Wildman–Crippen MR) is 89.4 cm³/mol. The van der Waals surface area contributed by atoms with Crippen LogP contribution in [-0.2, 0) is 0 Å². The first-order valence-corrected chi connectivity index (χ1v) is 7.66.